The summed E-state index contributed by atoms with van der Waals surface area (Å²) in [6, 6.07) is 19.0. The number of amides is 1. The number of aryl methyl sites for hydroxylation is 2. The van der Waals surface area contributed by atoms with Crippen molar-refractivity contribution in [2.24, 2.45) is 0 Å². The molecule has 0 aliphatic heterocycles. The highest BCUT2D eigenvalue weighted by molar-refractivity contribution is 7.10. The van der Waals surface area contributed by atoms with Crippen LogP contribution < -0.4 is 10.1 Å². The van der Waals surface area contributed by atoms with Crippen LogP contribution >= 0.6 is 11.3 Å². The Morgan fingerprint density at radius 2 is 1.79 bits per heavy atom. The van der Waals surface area contributed by atoms with Crippen LogP contribution in [0.5, 0.6) is 5.75 Å². The van der Waals surface area contributed by atoms with Crippen molar-refractivity contribution >= 4 is 23.2 Å². The smallest absolute Gasteiger partial charge is 0.344 e. The molecule has 3 rings (SSSR count). The zero-order valence-electron chi connectivity index (χ0n) is 16.4. The summed E-state index contributed by atoms with van der Waals surface area (Å²) in [5, 5.41) is 4.89. The first kappa shape index (κ1) is 20.6. The molecule has 3 aromatic rings. The fourth-order valence-electron chi connectivity index (χ4n) is 2.91. The number of thiophene rings is 1. The molecule has 2 aromatic carbocycles. The highest BCUT2D eigenvalue weighted by Crippen LogP contribution is 2.25. The van der Waals surface area contributed by atoms with E-state index in [0.29, 0.717) is 5.75 Å². The van der Waals surface area contributed by atoms with Crippen LogP contribution in [0.2, 0.25) is 0 Å². The monoisotopic (exact) mass is 409 g/mol. The normalized spacial score (nSPS) is 11.5. The minimum Gasteiger partial charge on any atom is -0.482 e. The number of benzene rings is 2. The van der Waals surface area contributed by atoms with Gasteiger partial charge in [0.15, 0.2) is 13.2 Å². The predicted molar refractivity (Wildman–Crippen MR) is 113 cm³/mol. The van der Waals surface area contributed by atoms with Gasteiger partial charge in [-0.15, -0.1) is 11.3 Å². The number of nitrogens with one attached hydrogen (secondary N) is 1. The first-order valence-corrected chi connectivity index (χ1v) is 10.1. The summed E-state index contributed by atoms with van der Waals surface area (Å²) < 4.78 is 10.6. The van der Waals surface area contributed by atoms with Crippen LogP contribution in [-0.4, -0.2) is 25.1 Å². The summed E-state index contributed by atoms with van der Waals surface area (Å²) in [4.78, 5) is 25.3. The standard InChI is InChI=1S/C23H23NO4S/c1-16-10-11-19(17(2)13-16)27-15-22(26)28-14-21(25)24-23(20-9-6-12-29-20)18-7-4-3-5-8-18/h3-13,23H,14-15H2,1-2H3,(H,24,25)/t23-/m1/s1. The van der Waals surface area contributed by atoms with E-state index in [4.69, 9.17) is 9.47 Å². The molecule has 1 aromatic heterocycles. The number of esters is 1. The quantitative estimate of drug-likeness (QED) is 0.567. The van der Waals surface area contributed by atoms with Gasteiger partial charge in [0, 0.05) is 4.88 Å². The third-order valence-corrected chi connectivity index (χ3v) is 5.24. The Morgan fingerprint density at radius 3 is 2.48 bits per heavy atom. The SMILES string of the molecule is Cc1ccc(OCC(=O)OCC(=O)N[C@H](c2ccccc2)c2cccs2)c(C)c1. The Labute approximate surface area is 174 Å². The maximum absolute atomic E-state index is 12.4. The van der Waals surface area contributed by atoms with Crippen molar-refractivity contribution in [1.29, 1.82) is 0 Å². The van der Waals surface area contributed by atoms with E-state index in [1.54, 1.807) is 11.3 Å². The van der Waals surface area contributed by atoms with Crippen LogP contribution in [0.25, 0.3) is 0 Å². The molecule has 6 heteroatoms. The zero-order chi connectivity index (χ0) is 20.6. The molecule has 0 fully saturated rings. The molecule has 0 saturated heterocycles. The molecule has 1 amide bonds. The van der Waals surface area contributed by atoms with Crippen LogP contribution in [0.3, 0.4) is 0 Å². The Bertz CT molecular complexity index is 954. The van der Waals surface area contributed by atoms with E-state index in [2.05, 4.69) is 5.32 Å². The number of carbonyl (C=O) groups excluding carboxylic acids is 2. The van der Waals surface area contributed by atoms with E-state index in [9.17, 15) is 9.59 Å². The lowest BCUT2D eigenvalue weighted by atomic mass is 10.1. The molecule has 0 saturated carbocycles. The van der Waals surface area contributed by atoms with Gasteiger partial charge in [-0.2, -0.15) is 0 Å². The molecule has 1 atom stereocenters. The van der Waals surface area contributed by atoms with Crippen LogP contribution in [0.1, 0.15) is 27.6 Å². The number of rotatable bonds is 8. The molecule has 1 heterocycles. The highest BCUT2D eigenvalue weighted by Gasteiger charge is 2.18. The van der Waals surface area contributed by atoms with Crippen molar-refractivity contribution in [3.05, 3.63) is 87.6 Å². The van der Waals surface area contributed by atoms with E-state index in [1.165, 1.54) is 0 Å². The average molecular weight is 410 g/mol. The van der Waals surface area contributed by atoms with E-state index < -0.39 is 5.97 Å². The third kappa shape index (κ3) is 5.93. The zero-order valence-corrected chi connectivity index (χ0v) is 17.2. The van der Waals surface area contributed by atoms with Gasteiger partial charge in [0.05, 0.1) is 6.04 Å². The van der Waals surface area contributed by atoms with Gasteiger partial charge in [-0.3, -0.25) is 4.79 Å². The Balaban J connectivity index is 1.52. The number of carbonyl (C=O) groups is 2. The number of hydrogen-bond donors (Lipinski definition) is 1. The van der Waals surface area contributed by atoms with Crippen LogP contribution in [-0.2, 0) is 14.3 Å². The predicted octanol–water partition coefficient (Wildman–Crippen LogP) is 4.19. The van der Waals surface area contributed by atoms with Crippen LogP contribution in [0.4, 0.5) is 0 Å². The van der Waals surface area contributed by atoms with E-state index in [0.717, 1.165) is 21.6 Å². The van der Waals surface area contributed by atoms with Gasteiger partial charge in [0.2, 0.25) is 0 Å². The number of ether oxygens (including phenoxy) is 2. The molecule has 0 bridgehead atoms. The van der Waals surface area contributed by atoms with Crippen molar-refractivity contribution in [1.82, 2.24) is 5.32 Å². The summed E-state index contributed by atoms with van der Waals surface area (Å²) in [7, 11) is 0. The molecule has 0 aliphatic carbocycles. The van der Waals surface area contributed by atoms with Crippen molar-refractivity contribution in [3.63, 3.8) is 0 Å². The van der Waals surface area contributed by atoms with Gasteiger partial charge in [0.1, 0.15) is 5.75 Å². The molecule has 1 N–H and O–H groups in total. The maximum Gasteiger partial charge on any atom is 0.344 e. The van der Waals surface area contributed by atoms with Crippen LogP contribution in [0.15, 0.2) is 66.0 Å². The van der Waals surface area contributed by atoms with Crippen molar-refractivity contribution in [2.75, 3.05) is 13.2 Å². The summed E-state index contributed by atoms with van der Waals surface area (Å²) in [5.41, 5.74) is 3.03. The van der Waals surface area contributed by atoms with Gasteiger partial charge in [-0.1, -0.05) is 54.1 Å². The van der Waals surface area contributed by atoms with Gasteiger partial charge < -0.3 is 14.8 Å². The Morgan fingerprint density at radius 1 is 1.00 bits per heavy atom. The Hall–Kier alpha value is -3.12. The fourth-order valence-corrected chi connectivity index (χ4v) is 3.71. The second kappa shape index (κ2) is 9.89. The average Bonchev–Trinajstić information content (AvgIpc) is 3.25. The largest absolute Gasteiger partial charge is 0.482 e. The first-order valence-electron chi connectivity index (χ1n) is 9.26. The third-order valence-electron chi connectivity index (χ3n) is 4.31. The molecular formula is C23H23NO4S. The number of hydrogen-bond acceptors (Lipinski definition) is 5. The summed E-state index contributed by atoms with van der Waals surface area (Å²) in [6.07, 6.45) is 0. The molecular weight excluding hydrogens is 386 g/mol. The molecule has 150 valence electrons. The van der Waals surface area contributed by atoms with Gasteiger partial charge in [0.25, 0.3) is 5.91 Å². The van der Waals surface area contributed by atoms with E-state index in [-0.39, 0.29) is 25.2 Å². The molecule has 0 radical (unpaired) electrons. The highest BCUT2D eigenvalue weighted by atomic mass is 32.1. The fraction of sp³-hybridized carbons (Fsp3) is 0.217. The molecule has 0 aliphatic rings. The van der Waals surface area contributed by atoms with Crippen molar-refractivity contribution < 1.29 is 19.1 Å². The minimum atomic E-state index is -0.590. The molecule has 0 spiro atoms. The Kier molecular flexibility index (Phi) is 7.03. The lowest BCUT2D eigenvalue weighted by Gasteiger charge is -2.18. The molecule has 0 unspecified atom stereocenters. The molecule has 29 heavy (non-hydrogen) atoms. The second-order valence-electron chi connectivity index (χ2n) is 6.64. The second-order valence-corrected chi connectivity index (χ2v) is 7.62. The topological polar surface area (TPSA) is 64.6 Å². The summed E-state index contributed by atoms with van der Waals surface area (Å²) in [6.45, 7) is 3.30. The summed E-state index contributed by atoms with van der Waals surface area (Å²) in [5.74, 6) is -0.335. The van der Waals surface area contributed by atoms with Crippen molar-refractivity contribution in [3.8, 4) is 5.75 Å². The van der Waals surface area contributed by atoms with Gasteiger partial charge in [-0.25, -0.2) is 4.79 Å². The summed E-state index contributed by atoms with van der Waals surface area (Å²) >= 11 is 1.56. The molecule has 5 nitrogen and oxygen atoms in total. The van der Waals surface area contributed by atoms with E-state index in [1.807, 2.05) is 79.9 Å². The van der Waals surface area contributed by atoms with Gasteiger partial charge >= 0.3 is 5.97 Å². The van der Waals surface area contributed by atoms with Crippen molar-refractivity contribution in [2.45, 2.75) is 19.9 Å². The lowest BCUT2D eigenvalue weighted by Crippen LogP contribution is -2.33. The van der Waals surface area contributed by atoms with Crippen LogP contribution in [0, 0.1) is 13.8 Å². The minimum absolute atomic E-state index is 0.246. The maximum atomic E-state index is 12.4. The first-order chi connectivity index (χ1) is 14.0. The lowest BCUT2D eigenvalue weighted by molar-refractivity contribution is -0.150. The van der Waals surface area contributed by atoms with Gasteiger partial charge in [-0.05, 0) is 42.5 Å². The van der Waals surface area contributed by atoms with E-state index >= 15 is 0 Å².